The van der Waals surface area contributed by atoms with E-state index >= 15 is 0 Å². The molecule has 76 valence electrons. The Hall–Kier alpha value is -2.51. The van der Waals surface area contributed by atoms with Crippen LogP contribution >= 0.6 is 0 Å². The highest BCUT2D eigenvalue weighted by molar-refractivity contribution is 5.86. The number of hydrogen-bond donors (Lipinski definition) is 3. The summed E-state index contributed by atoms with van der Waals surface area (Å²) in [6.07, 6.45) is 2.34. The Kier molecular flexibility index (Phi) is 2.01. The third-order valence-corrected chi connectivity index (χ3v) is 1.69. The van der Waals surface area contributed by atoms with Gasteiger partial charge in [0.25, 0.3) is 5.56 Å². The summed E-state index contributed by atoms with van der Waals surface area (Å²) in [5.41, 5.74) is -0.804. The molecule has 2 heterocycles. The van der Waals surface area contributed by atoms with E-state index < -0.39 is 17.1 Å². The molecule has 0 amide bonds. The van der Waals surface area contributed by atoms with E-state index in [9.17, 15) is 9.59 Å². The molecule has 0 bridgehead atoms. The van der Waals surface area contributed by atoms with Crippen LogP contribution in [0.25, 0.3) is 11.5 Å². The van der Waals surface area contributed by atoms with Gasteiger partial charge in [-0.05, 0) is 0 Å². The minimum atomic E-state index is -1.32. The molecule has 0 aromatic carbocycles. The maximum Gasteiger partial charge on any atom is 0.342 e. The van der Waals surface area contributed by atoms with Crippen molar-refractivity contribution >= 4 is 5.97 Å². The van der Waals surface area contributed by atoms with Gasteiger partial charge in [0.15, 0.2) is 5.82 Å². The molecule has 8 nitrogen and oxygen atoms in total. The van der Waals surface area contributed by atoms with Gasteiger partial charge in [-0.2, -0.15) is 15.4 Å². The van der Waals surface area contributed by atoms with Crippen molar-refractivity contribution in [3.63, 3.8) is 0 Å². The van der Waals surface area contributed by atoms with Crippen LogP contribution in [-0.4, -0.2) is 36.5 Å². The summed E-state index contributed by atoms with van der Waals surface area (Å²) in [5, 5.41) is 18.2. The lowest BCUT2D eigenvalue weighted by Gasteiger charge is -1.95. The molecule has 0 aliphatic rings. The minimum Gasteiger partial charge on any atom is -0.477 e. The standard InChI is InChI=1S/C7H5N5O3/c13-6-3(7(14)15)1-8-5(10-6)4-2-9-12-11-4/h1-2H,(H,14,15)(H,8,10,13)(H,9,11,12). The quantitative estimate of drug-likeness (QED) is 0.595. The smallest absolute Gasteiger partial charge is 0.342 e. The van der Waals surface area contributed by atoms with Crippen LogP contribution in [0.1, 0.15) is 10.4 Å². The van der Waals surface area contributed by atoms with Gasteiger partial charge in [0.05, 0.1) is 6.20 Å². The van der Waals surface area contributed by atoms with E-state index in [1.165, 1.54) is 6.20 Å². The van der Waals surface area contributed by atoms with Gasteiger partial charge in [-0.1, -0.05) is 0 Å². The van der Waals surface area contributed by atoms with E-state index in [-0.39, 0.29) is 5.82 Å². The maximum absolute atomic E-state index is 11.2. The van der Waals surface area contributed by atoms with Crippen molar-refractivity contribution in [3.05, 3.63) is 28.3 Å². The molecule has 8 heteroatoms. The molecule has 2 rings (SSSR count). The molecule has 2 aromatic heterocycles. The van der Waals surface area contributed by atoms with E-state index in [1.54, 1.807) is 0 Å². The summed E-state index contributed by atoms with van der Waals surface area (Å²) >= 11 is 0. The number of carboxylic acid groups (broad SMARTS) is 1. The zero-order valence-corrected chi connectivity index (χ0v) is 7.26. The molecule has 0 aliphatic carbocycles. The summed E-state index contributed by atoms with van der Waals surface area (Å²) in [4.78, 5) is 27.8. The van der Waals surface area contributed by atoms with Crippen molar-refractivity contribution in [2.45, 2.75) is 0 Å². The Bertz CT molecular complexity index is 544. The summed E-state index contributed by atoms with van der Waals surface area (Å²) in [7, 11) is 0. The Morgan fingerprint density at radius 1 is 1.40 bits per heavy atom. The number of aromatic amines is 2. The van der Waals surface area contributed by atoms with Gasteiger partial charge in [-0.15, -0.1) is 0 Å². The number of aromatic nitrogens is 5. The molecule has 0 unspecified atom stereocenters. The molecule has 0 saturated heterocycles. The Balaban J connectivity index is 2.52. The van der Waals surface area contributed by atoms with Crippen LogP contribution < -0.4 is 5.56 Å². The predicted molar refractivity (Wildman–Crippen MR) is 47.2 cm³/mol. The largest absolute Gasteiger partial charge is 0.477 e. The number of rotatable bonds is 2. The minimum absolute atomic E-state index is 0.166. The van der Waals surface area contributed by atoms with E-state index in [1.807, 2.05) is 0 Å². The van der Waals surface area contributed by atoms with Crippen molar-refractivity contribution in [1.29, 1.82) is 0 Å². The van der Waals surface area contributed by atoms with E-state index in [4.69, 9.17) is 5.11 Å². The third-order valence-electron chi connectivity index (χ3n) is 1.69. The highest BCUT2D eigenvalue weighted by Gasteiger charge is 2.11. The zero-order chi connectivity index (χ0) is 10.8. The molecule has 15 heavy (non-hydrogen) atoms. The summed E-state index contributed by atoms with van der Waals surface area (Å²) in [6.45, 7) is 0. The summed E-state index contributed by atoms with van der Waals surface area (Å²) in [5.74, 6) is -1.16. The Labute approximate surface area is 82.0 Å². The van der Waals surface area contributed by atoms with Crippen LogP contribution in [0.15, 0.2) is 17.2 Å². The third kappa shape index (κ3) is 1.59. The first kappa shape index (κ1) is 9.06. The van der Waals surface area contributed by atoms with E-state index in [2.05, 4.69) is 25.4 Å². The van der Waals surface area contributed by atoms with Crippen LogP contribution in [0.5, 0.6) is 0 Å². The van der Waals surface area contributed by atoms with E-state index in [0.29, 0.717) is 5.69 Å². The number of nitrogens with one attached hydrogen (secondary N) is 2. The lowest BCUT2D eigenvalue weighted by atomic mass is 10.3. The van der Waals surface area contributed by atoms with Gasteiger partial charge in [0, 0.05) is 6.20 Å². The summed E-state index contributed by atoms with van der Waals surface area (Å²) < 4.78 is 0. The predicted octanol–water partition coefficient (Wildman–Crippen LogP) is -0.747. The average molecular weight is 207 g/mol. The molecule has 3 N–H and O–H groups in total. The first-order chi connectivity index (χ1) is 7.18. The maximum atomic E-state index is 11.2. The van der Waals surface area contributed by atoms with E-state index in [0.717, 1.165) is 6.20 Å². The monoisotopic (exact) mass is 207 g/mol. The van der Waals surface area contributed by atoms with Crippen molar-refractivity contribution in [1.82, 2.24) is 25.4 Å². The number of H-pyrrole nitrogens is 2. The van der Waals surface area contributed by atoms with Crippen LogP contribution in [-0.2, 0) is 0 Å². The summed E-state index contributed by atoms with van der Waals surface area (Å²) in [6, 6.07) is 0. The van der Waals surface area contributed by atoms with Gasteiger partial charge in [0.2, 0.25) is 0 Å². The zero-order valence-electron chi connectivity index (χ0n) is 7.26. The lowest BCUT2D eigenvalue weighted by Crippen LogP contribution is -2.18. The highest BCUT2D eigenvalue weighted by Crippen LogP contribution is 2.05. The molecule has 0 fully saturated rings. The SMILES string of the molecule is O=C(O)c1cnc(-c2cn[nH]n2)[nH]c1=O. The first-order valence-corrected chi connectivity index (χ1v) is 3.87. The molecule has 0 saturated carbocycles. The van der Waals surface area contributed by atoms with Crippen molar-refractivity contribution < 1.29 is 9.90 Å². The number of nitrogens with zero attached hydrogens (tertiary/aromatic N) is 3. The molecule has 0 radical (unpaired) electrons. The fourth-order valence-electron chi connectivity index (χ4n) is 0.993. The van der Waals surface area contributed by atoms with Crippen LogP contribution in [0.2, 0.25) is 0 Å². The molecular weight excluding hydrogens is 202 g/mol. The fourth-order valence-corrected chi connectivity index (χ4v) is 0.993. The Morgan fingerprint density at radius 3 is 2.73 bits per heavy atom. The molecular formula is C7H5N5O3. The molecule has 2 aromatic rings. The number of carboxylic acids is 1. The second-order valence-corrected chi connectivity index (χ2v) is 2.64. The lowest BCUT2D eigenvalue weighted by molar-refractivity contribution is 0.0694. The second kappa shape index (κ2) is 3.33. The first-order valence-electron chi connectivity index (χ1n) is 3.87. The van der Waals surface area contributed by atoms with Crippen molar-refractivity contribution in [2.75, 3.05) is 0 Å². The van der Waals surface area contributed by atoms with Gasteiger partial charge in [-0.3, -0.25) is 4.79 Å². The number of hydrogen-bond acceptors (Lipinski definition) is 5. The van der Waals surface area contributed by atoms with Crippen molar-refractivity contribution in [2.24, 2.45) is 0 Å². The van der Waals surface area contributed by atoms with Gasteiger partial charge >= 0.3 is 5.97 Å². The van der Waals surface area contributed by atoms with Gasteiger partial charge < -0.3 is 10.1 Å². The molecule has 0 spiro atoms. The molecule has 0 aliphatic heterocycles. The normalized spacial score (nSPS) is 10.1. The Morgan fingerprint density at radius 2 is 2.20 bits per heavy atom. The van der Waals surface area contributed by atoms with Gasteiger partial charge in [0.1, 0.15) is 11.3 Å². The topological polar surface area (TPSA) is 125 Å². The number of carbonyl (C=O) groups is 1. The van der Waals surface area contributed by atoms with Crippen LogP contribution in [0.4, 0.5) is 0 Å². The fraction of sp³-hybridized carbons (Fsp3) is 0. The van der Waals surface area contributed by atoms with Crippen molar-refractivity contribution in [3.8, 4) is 11.5 Å². The highest BCUT2D eigenvalue weighted by atomic mass is 16.4. The van der Waals surface area contributed by atoms with Crippen LogP contribution in [0.3, 0.4) is 0 Å². The second-order valence-electron chi connectivity index (χ2n) is 2.64. The number of aromatic carboxylic acids is 1. The van der Waals surface area contributed by atoms with Crippen LogP contribution in [0, 0.1) is 0 Å². The van der Waals surface area contributed by atoms with Gasteiger partial charge in [-0.25, -0.2) is 9.78 Å². The average Bonchev–Trinajstić information content (AvgIpc) is 2.69. The molecule has 0 atom stereocenters.